The van der Waals surface area contributed by atoms with Gasteiger partial charge in [-0.3, -0.25) is 14.4 Å². The lowest BCUT2D eigenvalue weighted by Crippen LogP contribution is -2.67. The van der Waals surface area contributed by atoms with Gasteiger partial charge >= 0.3 is 5.97 Å². The molecule has 8 nitrogen and oxygen atoms in total. The van der Waals surface area contributed by atoms with Crippen LogP contribution in [0.15, 0.2) is 42.5 Å². The number of hydrogen-bond acceptors (Lipinski definition) is 6. The predicted molar refractivity (Wildman–Crippen MR) is 127 cm³/mol. The number of rotatable bonds is 5. The average Bonchev–Trinajstić information content (AvgIpc) is 3.14. The topological polar surface area (TPSA) is 85.4 Å². The van der Waals surface area contributed by atoms with Crippen LogP contribution in [0.5, 0.6) is 11.5 Å². The van der Waals surface area contributed by atoms with Gasteiger partial charge in [-0.05, 0) is 49.7 Å². The number of carbonyl (C=O) groups is 3. The maximum Gasteiger partial charge on any atom is 0.312 e. The van der Waals surface area contributed by atoms with Crippen molar-refractivity contribution in [2.75, 3.05) is 26.9 Å². The van der Waals surface area contributed by atoms with Gasteiger partial charge < -0.3 is 24.0 Å². The molecule has 9 heteroatoms. The lowest BCUT2D eigenvalue weighted by Gasteiger charge is -2.47. The van der Waals surface area contributed by atoms with Crippen LogP contribution in [0.3, 0.4) is 0 Å². The van der Waals surface area contributed by atoms with Crippen LogP contribution in [0, 0.1) is 11.8 Å². The second kappa shape index (κ2) is 8.75. The van der Waals surface area contributed by atoms with Gasteiger partial charge in [0, 0.05) is 23.0 Å². The standard InChI is InChI=1S/C26H27ClN2O6/c1-4-34-24(31)22-19-14-35-20-10-9-17(33-3)11-18(20)23(19)29-21(30)13-28(25(32)26(22,29)2)12-15-5-7-16(27)8-6-15/h5-11,19,22-23H,4,12-14H2,1-3H3/t19?,22?,23?,26-/m1/s1. The monoisotopic (exact) mass is 498 g/mol. The van der Waals surface area contributed by atoms with Crippen LogP contribution in [0.2, 0.25) is 5.02 Å². The van der Waals surface area contributed by atoms with E-state index in [4.69, 9.17) is 25.8 Å². The highest BCUT2D eigenvalue weighted by Crippen LogP contribution is 2.57. The Morgan fingerprint density at radius 1 is 1.20 bits per heavy atom. The van der Waals surface area contributed by atoms with E-state index in [1.54, 1.807) is 50.1 Å². The van der Waals surface area contributed by atoms with Crippen LogP contribution in [-0.2, 0) is 25.7 Å². The average molecular weight is 499 g/mol. The second-order valence-corrected chi connectivity index (χ2v) is 9.69. The molecule has 3 aliphatic heterocycles. The molecule has 0 bridgehead atoms. The molecular formula is C26H27ClN2O6. The van der Waals surface area contributed by atoms with Gasteiger partial charge in [0.15, 0.2) is 0 Å². The molecule has 0 radical (unpaired) electrons. The predicted octanol–water partition coefficient (Wildman–Crippen LogP) is 3.22. The summed E-state index contributed by atoms with van der Waals surface area (Å²) in [5.74, 6) is -1.12. The third-order valence-corrected chi connectivity index (χ3v) is 7.58. The summed E-state index contributed by atoms with van der Waals surface area (Å²) >= 11 is 6.00. The van der Waals surface area contributed by atoms with Crippen LogP contribution in [-0.4, -0.2) is 60.0 Å². The molecule has 2 aromatic rings. The molecule has 2 amide bonds. The van der Waals surface area contributed by atoms with Crippen molar-refractivity contribution in [2.24, 2.45) is 11.8 Å². The van der Waals surface area contributed by atoms with Crippen molar-refractivity contribution in [2.45, 2.75) is 32.0 Å². The summed E-state index contributed by atoms with van der Waals surface area (Å²) in [5.41, 5.74) is 0.150. The summed E-state index contributed by atoms with van der Waals surface area (Å²) in [5, 5.41) is 0.587. The van der Waals surface area contributed by atoms with E-state index in [0.29, 0.717) is 16.5 Å². The molecule has 2 aromatic carbocycles. The molecule has 0 aromatic heterocycles. The number of benzene rings is 2. The lowest BCUT2D eigenvalue weighted by atomic mass is 9.77. The van der Waals surface area contributed by atoms with Crippen molar-refractivity contribution in [1.29, 1.82) is 0 Å². The summed E-state index contributed by atoms with van der Waals surface area (Å²) in [4.78, 5) is 44.2. The third-order valence-electron chi connectivity index (χ3n) is 7.33. The zero-order chi connectivity index (χ0) is 24.9. The number of fused-ring (bicyclic) bond motifs is 5. The molecule has 5 rings (SSSR count). The molecule has 0 aliphatic carbocycles. The molecule has 0 saturated carbocycles. The van der Waals surface area contributed by atoms with Crippen molar-refractivity contribution >= 4 is 29.4 Å². The Balaban J connectivity index is 1.59. The molecule has 3 heterocycles. The summed E-state index contributed by atoms with van der Waals surface area (Å²) < 4.78 is 16.8. The number of methoxy groups -OCH3 is 1. The molecule has 4 atom stereocenters. The number of piperazine rings is 1. The van der Waals surface area contributed by atoms with Gasteiger partial charge in [-0.1, -0.05) is 23.7 Å². The van der Waals surface area contributed by atoms with Crippen molar-refractivity contribution in [1.82, 2.24) is 9.80 Å². The number of halogens is 1. The molecule has 35 heavy (non-hydrogen) atoms. The van der Waals surface area contributed by atoms with Gasteiger partial charge in [0.05, 0.1) is 32.3 Å². The number of carbonyl (C=O) groups excluding carboxylic acids is 3. The van der Waals surface area contributed by atoms with Gasteiger partial charge in [0.1, 0.15) is 23.6 Å². The lowest BCUT2D eigenvalue weighted by molar-refractivity contribution is -0.170. The Labute approximate surface area is 208 Å². The zero-order valence-electron chi connectivity index (χ0n) is 19.8. The van der Waals surface area contributed by atoms with Crippen molar-refractivity contribution in [3.05, 3.63) is 58.6 Å². The Morgan fingerprint density at radius 2 is 1.94 bits per heavy atom. The van der Waals surface area contributed by atoms with E-state index >= 15 is 0 Å². The largest absolute Gasteiger partial charge is 0.497 e. The number of nitrogens with zero attached hydrogens (tertiary/aromatic N) is 2. The third kappa shape index (κ3) is 3.62. The minimum Gasteiger partial charge on any atom is -0.497 e. The molecule has 2 saturated heterocycles. The van der Waals surface area contributed by atoms with Crippen LogP contribution in [0.1, 0.15) is 31.0 Å². The van der Waals surface area contributed by atoms with E-state index in [9.17, 15) is 14.4 Å². The van der Waals surface area contributed by atoms with Gasteiger partial charge in [-0.2, -0.15) is 0 Å². The van der Waals surface area contributed by atoms with Crippen LogP contribution in [0.25, 0.3) is 0 Å². The Morgan fingerprint density at radius 3 is 2.63 bits per heavy atom. The summed E-state index contributed by atoms with van der Waals surface area (Å²) in [6, 6.07) is 12.0. The minimum absolute atomic E-state index is 0.0873. The normalized spacial score (nSPS) is 27.0. The van der Waals surface area contributed by atoms with E-state index in [0.717, 1.165) is 11.1 Å². The summed E-state index contributed by atoms with van der Waals surface area (Å²) in [6.07, 6.45) is 0. The van der Waals surface area contributed by atoms with E-state index in [1.165, 1.54) is 4.90 Å². The van der Waals surface area contributed by atoms with Gasteiger partial charge in [0.2, 0.25) is 11.8 Å². The number of hydrogen-bond donors (Lipinski definition) is 0. The first kappa shape index (κ1) is 23.5. The van der Waals surface area contributed by atoms with Gasteiger partial charge in [-0.15, -0.1) is 0 Å². The van der Waals surface area contributed by atoms with Gasteiger partial charge in [-0.25, -0.2) is 0 Å². The van der Waals surface area contributed by atoms with Crippen molar-refractivity contribution in [3.8, 4) is 11.5 Å². The number of amides is 2. The zero-order valence-corrected chi connectivity index (χ0v) is 20.6. The smallest absolute Gasteiger partial charge is 0.312 e. The highest BCUT2D eigenvalue weighted by molar-refractivity contribution is 6.30. The van der Waals surface area contributed by atoms with Crippen molar-refractivity contribution in [3.63, 3.8) is 0 Å². The fourth-order valence-electron chi connectivity index (χ4n) is 5.84. The Hall–Kier alpha value is -3.26. The summed E-state index contributed by atoms with van der Waals surface area (Å²) in [6.45, 7) is 3.92. The van der Waals surface area contributed by atoms with Crippen molar-refractivity contribution < 1.29 is 28.6 Å². The molecule has 3 aliphatic rings. The number of esters is 1. The first-order valence-electron chi connectivity index (χ1n) is 11.6. The van der Waals surface area contributed by atoms with E-state index < -0.39 is 29.4 Å². The SMILES string of the molecule is CCOC(=O)C1C2COc3ccc(OC)cc3C2N2C(=O)CN(Cc3ccc(Cl)cc3)C(=O)[C@@]12C. The highest BCUT2D eigenvalue weighted by atomic mass is 35.5. The molecule has 0 N–H and O–H groups in total. The molecule has 2 fully saturated rings. The van der Waals surface area contributed by atoms with Gasteiger partial charge in [0.25, 0.3) is 0 Å². The molecular weight excluding hydrogens is 472 g/mol. The summed E-state index contributed by atoms with van der Waals surface area (Å²) in [7, 11) is 1.56. The van der Waals surface area contributed by atoms with Crippen LogP contribution in [0.4, 0.5) is 0 Å². The maximum atomic E-state index is 14.1. The second-order valence-electron chi connectivity index (χ2n) is 9.25. The fourth-order valence-corrected chi connectivity index (χ4v) is 5.97. The van der Waals surface area contributed by atoms with Crippen LogP contribution < -0.4 is 9.47 Å². The van der Waals surface area contributed by atoms with E-state index in [2.05, 4.69) is 0 Å². The van der Waals surface area contributed by atoms with Crippen LogP contribution >= 0.6 is 11.6 Å². The first-order valence-corrected chi connectivity index (χ1v) is 12.0. The molecule has 184 valence electrons. The molecule has 0 spiro atoms. The Kier molecular flexibility index (Phi) is 5.87. The van der Waals surface area contributed by atoms with E-state index in [1.807, 2.05) is 18.2 Å². The first-order chi connectivity index (χ1) is 16.8. The Bertz CT molecular complexity index is 1180. The maximum absolute atomic E-state index is 14.1. The fraction of sp³-hybridized carbons (Fsp3) is 0.423. The minimum atomic E-state index is -1.42. The quantitative estimate of drug-likeness (QED) is 0.588. The van der Waals surface area contributed by atoms with E-state index in [-0.39, 0.29) is 38.1 Å². The highest BCUT2D eigenvalue weighted by Gasteiger charge is 2.69. The number of ether oxygens (including phenoxy) is 3. The molecule has 3 unspecified atom stereocenters.